The number of carbonyl (C=O) groups excluding carboxylic acids is 1. The zero-order valence-electron chi connectivity index (χ0n) is 22.6. The predicted octanol–water partition coefficient (Wildman–Crippen LogP) is 5.41. The molecule has 0 spiro atoms. The first kappa shape index (κ1) is 29.6. The molecule has 214 valence electrons. The minimum Gasteiger partial charge on any atom is -0.380 e. The first-order chi connectivity index (χ1) is 18.2. The Morgan fingerprint density at radius 2 is 1.77 bits per heavy atom. The van der Waals surface area contributed by atoms with E-state index in [0.717, 1.165) is 16.7 Å². The quantitative estimate of drug-likeness (QED) is 0.447. The largest absolute Gasteiger partial charge is 0.417 e. The number of halogens is 3. The summed E-state index contributed by atoms with van der Waals surface area (Å²) < 4.78 is 63.6. The Balaban J connectivity index is 1.39. The van der Waals surface area contributed by atoms with E-state index in [2.05, 4.69) is 24.1 Å². The summed E-state index contributed by atoms with van der Waals surface area (Å²) in [6, 6.07) is 12.3. The van der Waals surface area contributed by atoms with Gasteiger partial charge in [-0.25, -0.2) is 8.42 Å². The van der Waals surface area contributed by atoms with E-state index in [4.69, 9.17) is 0 Å². The second-order valence-corrected chi connectivity index (χ2v) is 13.5. The molecule has 10 heteroatoms. The smallest absolute Gasteiger partial charge is 0.380 e. The van der Waals surface area contributed by atoms with Crippen molar-refractivity contribution in [2.24, 2.45) is 11.8 Å². The molecule has 1 aliphatic heterocycles. The minimum atomic E-state index is -4.60. The fourth-order valence-electron chi connectivity index (χ4n) is 5.86. The van der Waals surface area contributed by atoms with Gasteiger partial charge < -0.3 is 10.4 Å². The van der Waals surface area contributed by atoms with Gasteiger partial charge in [-0.1, -0.05) is 39.0 Å². The number of hydrogen-bond donors (Lipinski definition) is 2. The maximum Gasteiger partial charge on any atom is 0.417 e. The van der Waals surface area contributed by atoms with Crippen LogP contribution >= 0.6 is 0 Å². The SMILES string of the molecule is CCS(=O)(=O)c1ccc(CNC(=O)c2ccc3c(c2)CN(CC2CCC(O)(C(F)(F)F)CC2)C3C(C)C)cc1. The molecule has 4 rings (SSSR count). The van der Waals surface area contributed by atoms with Gasteiger partial charge in [0, 0.05) is 31.2 Å². The van der Waals surface area contributed by atoms with E-state index in [9.17, 15) is 31.5 Å². The summed E-state index contributed by atoms with van der Waals surface area (Å²) in [5, 5.41) is 12.9. The molecule has 1 amide bonds. The minimum absolute atomic E-state index is 0.0264. The Morgan fingerprint density at radius 3 is 2.33 bits per heavy atom. The maximum absolute atomic E-state index is 13.2. The number of nitrogens with zero attached hydrogens (tertiary/aromatic N) is 1. The van der Waals surface area contributed by atoms with Crippen LogP contribution in [0.2, 0.25) is 0 Å². The number of hydrogen-bond acceptors (Lipinski definition) is 5. The highest BCUT2D eigenvalue weighted by Gasteiger charge is 2.54. The number of carbonyl (C=O) groups is 1. The third kappa shape index (κ3) is 6.33. The summed E-state index contributed by atoms with van der Waals surface area (Å²) in [7, 11) is -3.28. The fourth-order valence-corrected chi connectivity index (χ4v) is 6.75. The molecule has 1 unspecified atom stereocenters. The van der Waals surface area contributed by atoms with Gasteiger partial charge in [0.2, 0.25) is 0 Å². The number of rotatable bonds is 8. The lowest BCUT2D eigenvalue weighted by Crippen LogP contribution is -2.48. The maximum atomic E-state index is 13.2. The topological polar surface area (TPSA) is 86.7 Å². The molecule has 2 aliphatic rings. The average molecular weight is 567 g/mol. The Hall–Kier alpha value is -2.43. The van der Waals surface area contributed by atoms with Gasteiger partial charge in [-0.2, -0.15) is 13.2 Å². The van der Waals surface area contributed by atoms with Crippen LogP contribution in [0, 0.1) is 11.8 Å². The van der Waals surface area contributed by atoms with Crippen LogP contribution in [-0.2, 0) is 22.9 Å². The number of aliphatic hydroxyl groups is 1. The van der Waals surface area contributed by atoms with Gasteiger partial charge in [0.1, 0.15) is 0 Å². The molecule has 2 aromatic rings. The van der Waals surface area contributed by atoms with Crippen molar-refractivity contribution in [2.75, 3.05) is 12.3 Å². The molecule has 1 fully saturated rings. The average Bonchev–Trinajstić information content (AvgIpc) is 3.25. The number of benzene rings is 2. The summed E-state index contributed by atoms with van der Waals surface area (Å²) in [5.41, 5.74) is 0.911. The molecule has 1 atom stereocenters. The van der Waals surface area contributed by atoms with Crippen LogP contribution in [0.25, 0.3) is 0 Å². The molecule has 1 aliphatic carbocycles. The molecule has 0 saturated heterocycles. The van der Waals surface area contributed by atoms with Crippen LogP contribution in [0.5, 0.6) is 0 Å². The van der Waals surface area contributed by atoms with Crippen molar-refractivity contribution in [3.05, 3.63) is 64.7 Å². The molecule has 0 aromatic heterocycles. The van der Waals surface area contributed by atoms with E-state index >= 15 is 0 Å². The van der Waals surface area contributed by atoms with Crippen molar-refractivity contribution in [1.29, 1.82) is 0 Å². The third-order valence-electron chi connectivity index (χ3n) is 8.19. The number of alkyl halides is 3. The molecular weight excluding hydrogens is 529 g/mol. The first-order valence-electron chi connectivity index (χ1n) is 13.5. The normalized spacial score (nSPS) is 24.1. The monoisotopic (exact) mass is 566 g/mol. The molecule has 1 heterocycles. The number of amides is 1. The van der Waals surface area contributed by atoms with Gasteiger partial charge in [0.05, 0.1) is 10.6 Å². The molecule has 0 bridgehead atoms. The van der Waals surface area contributed by atoms with Crippen LogP contribution < -0.4 is 5.32 Å². The van der Waals surface area contributed by atoms with Crippen LogP contribution in [0.3, 0.4) is 0 Å². The summed E-state index contributed by atoms with van der Waals surface area (Å²) in [6.45, 7) is 7.36. The molecule has 1 saturated carbocycles. The molecule has 6 nitrogen and oxygen atoms in total. The Bertz CT molecular complexity index is 1280. The highest BCUT2D eigenvalue weighted by Crippen LogP contribution is 2.45. The predicted molar refractivity (Wildman–Crippen MR) is 143 cm³/mol. The summed E-state index contributed by atoms with van der Waals surface area (Å²) in [4.78, 5) is 15.5. The molecule has 0 radical (unpaired) electrons. The molecule has 39 heavy (non-hydrogen) atoms. The molecular formula is C29H37F3N2O4S. The van der Waals surface area contributed by atoms with E-state index in [1.165, 1.54) is 0 Å². The zero-order chi connectivity index (χ0) is 28.6. The highest BCUT2D eigenvalue weighted by atomic mass is 32.2. The lowest BCUT2D eigenvalue weighted by Gasteiger charge is -2.39. The number of sulfone groups is 1. The van der Waals surface area contributed by atoms with Crippen LogP contribution in [-0.4, -0.2) is 48.4 Å². The van der Waals surface area contributed by atoms with Crippen LogP contribution in [0.1, 0.15) is 79.5 Å². The van der Waals surface area contributed by atoms with Gasteiger partial charge >= 0.3 is 6.18 Å². The van der Waals surface area contributed by atoms with Crippen LogP contribution in [0.15, 0.2) is 47.4 Å². The zero-order valence-corrected chi connectivity index (χ0v) is 23.4. The van der Waals surface area contributed by atoms with Gasteiger partial charge in [0.25, 0.3) is 5.91 Å². The van der Waals surface area contributed by atoms with Gasteiger partial charge in [0.15, 0.2) is 15.4 Å². The van der Waals surface area contributed by atoms with E-state index in [-0.39, 0.29) is 53.8 Å². The van der Waals surface area contributed by atoms with Crippen molar-refractivity contribution >= 4 is 15.7 Å². The number of nitrogens with one attached hydrogen (secondary N) is 1. The van der Waals surface area contributed by atoms with Gasteiger partial charge in [-0.05, 0) is 78.5 Å². The van der Waals surface area contributed by atoms with E-state index in [1.54, 1.807) is 37.3 Å². The lowest BCUT2D eigenvalue weighted by molar-refractivity contribution is -0.272. The second-order valence-electron chi connectivity index (χ2n) is 11.2. The summed E-state index contributed by atoms with van der Waals surface area (Å²) >= 11 is 0. The fraction of sp³-hybridized carbons (Fsp3) is 0.552. The lowest BCUT2D eigenvalue weighted by atomic mass is 9.78. The second kappa shape index (κ2) is 11.2. The van der Waals surface area contributed by atoms with E-state index < -0.39 is 21.6 Å². The first-order valence-corrected chi connectivity index (χ1v) is 15.1. The Morgan fingerprint density at radius 1 is 1.13 bits per heavy atom. The summed E-state index contributed by atoms with van der Waals surface area (Å²) in [6.07, 6.45) is -4.48. The third-order valence-corrected chi connectivity index (χ3v) is 9.94. The van der Waals surface area contributed by atoms with E-state index in [0.29, 0.717) is 31.5 Å². The molecule has 2 N–H and O–H groups in total. The summed E-state index contributed by atoms with van der Waals surface area (Å²) in [5.74, 6) is 0.144. The van der Waals surface area contributed by atoms with Gasteiger partial charge in [-0.3, -0.25) is 9.69 Å². The number of fused-ring (bicyclic) bond motifs is 1. The van der Waals surface area contributed by atoms with Crippen LogP contribution in [0.4, 0.5) is 13.2 Å². The van der Waals surface area contributed by atoms with Crippen molar-refractivity contribution in [3.63, 3.8) is 0 Å². The van der Waals surface area contributed by atoms with Crippen molar-refractivity contribution in [3.8, 4) is 0 Å². The van der Waals surface area contributed by atoms with E-state index in [1.807, 2.05) is 12.1 Å². The highest BCUT2D eigenvalue weighted by molar-refractivity contribution is 7.91. The van der Waals surface area contributed by atoms with Gasteiger partial charge in [-0.15, -0.1) is 0 Å². The van der Waals surface area contributed by atoms with Crippen molar-refractivity contribution < 1.29 is 31.5 Å². The standard InChI is InChI=1S/C29H37F3N2O4S/c1-4-39(37,38)24-8-5-20(6-9-24)16-33-27(35)22-7-10-25-23(15-22)18-34(26(25)19(2)3)17-21-11-13-28(36,14-12-21)29(30,31)32/h5-10,15,19,21,26,36H,4,11-14,16-18H2,1-3H3,(H,33,35). The van der Waals surface area contributed by atoms with Crippen molar-refractivity contribution in [1.82, 2.24) is 10.2 Å². The Labute approximate surface area is 228 Å². The Kier molecular flexibility index (Phi) is 8.50. The van der Waals surface area contributed by atoms with Crippen molar-refractivity contribution in [2.45, 2.75) is 82.3 Å². The molecule has 2 aromatic carbocycles.